The number of primary amides is 1. The van der Waals surface area contributed by atoms with Crippen LogP contribution in [0.2, 0.25) is 0 Å². The molecule has 0 bridgehead atoms. The lowest BCUT2D eigenvalue weighted by Gasteiger charge is -2.13. The number of carbonyl (C=O) groups is 1. The van der Waals surface area contributed by atoms with Gasteiger partial charge in [-0.05, 0) is 41.9 Å². The Labute approximate surface area is 128 Å². The normalized spacial score (nSPS) is 10.7. The highest BCUT2D eigenvalue weighted by molar-refractivity contribution is 9.10. The Bertz CT molecular complexity index is 787. The predicted octanol–water partition coefficient (Wildman–Crippen LogP) is 1.91. The van der Waals surface area contributed by atoms with Crippen LogP contribution in [0.5, 0.6) is 0 Å². The molecule has 0 spiro atoms. The topological polar surface area (TPSA) is 78.0 Å². The van der Waals surface area contributed by atoms with Gasteiger partial charge in [-0.2, -0.15) is 4.98 Å². The van der Waals surface area contributed by atoms with Crippen molar-refractivity contribution in [3.05, 3.63) is 61.5 Å². The summed E-state index contributed by atoms with van der Waals surface area (Å²) in [7, 11) is 0. The molecule has 0 radical (unpaired) electrons. The zero-order chi connectivity index (χ0) is 15.7. The number of hydrogen-bond donors (Lipinski definition) is 1. The van der Waals surface area contributed by atoms with Crippen molar-refractivity contribution >= 4 is 21.8 Å². The van der Waals surface area contributed by atoms with Crippen molar-refractivity contribution in [2.75, 3.05) is 0 Å². The third kappa shape index (κ3) is 3.02. The quantitative estimate of drug-likeness (QED) is 0.915. The molecule has 0 atom stereocenters. The summed E-state index contributed by atoms with van der Waals surface area (Å²) in [6, 6.07) is 3.93. The highest BCUT2D eigenvalue weighted by Crippen LogP contribution is 2.18. The Morgan fingerprint density at radius 2 is 2.10 bits per heavy atom. The standard InChI is InChI=1S/C14H13BrFN3O2/c1-7-12(15)8(2)19(14(21)18-7)6-10-4-3-9(13(17)20)5-11(10)16/h3-5H,6H2,1-2H3,(H2,17,20). The third-order valence-electron chi connectivity index (χ3n) is 3.20. The van der Waals surface area contributed by atoms with E-state index in [1.165, 1.54) is 16.7 Å². The van der Waals surface area contributed by atoms with Gasteiger partial charge in [0.25, 0.3) is 0 Å². The van der Waals surface area contributed by atoms with Gasteiger partial charge in [0.15, 0.2) is 0 Å². The van der Waals surface area contributed by atoms with E-state index >= 15 is 0 Å². The van der Waals surface area contributed by atoms with Gasteiger partial charge in [0.1, 0.15) is 5.82 Å². The molecule has 1 amide bonds. The molecule has 5 nitrogen and oxygen atoms in total. The third-order valence-corrected chi connectivity index (χ3v) is 4.35. The molecule has 110 valence electrons. The van der Waals surface area contributed by atoms with Crippen LogP contribution in [0.1, 0.15) is 27.3 Å². The summed E-state index contributed by atoms with van der Waals surface area (Å²) in [6.07, 6.45) is 0. The molecule has 0 aliphatic rings. The average Bonchev–Trinajstić information content (AvgIpc) is 2.42. The average molecular weight is 354 g/mol. The molecule has 1 aromatic heterocycles. The van der Waals surface area contributed by atoms with Crippen molar-refractivity contribution in [2.45, 2.75) is 20.4 Å². The molecule has 2 rings (SSSR count). The molecule has 0 fully saturated rings. The smallest absolute Gasteiger partial charge is 0.348 e. The Morgan fingerprint density at radius 3 is 2.67 bits per heavy atom. The second-order valence-electron chi connectivity index (χ2n) is 4.64. The van der Waals surface area contributed by atoms with Crippen LogP contribution in [-0.2, 0) is 6.54 Å². The summed E-state index contributed by atoms with van der Waals surface area (Å²) >= 11 is 3.35. The molecular weight excluding hydrogens is 341 g/mol. The lowest BCUT2D eigenvalue weighted by molar-refractivity contribution is 0.1000. The minimum absolute atomic E-state index is 0.0292. The maximum absolute atomic E-state index is 14.0. The van der Waals surface area contributed by atoms with Gasteiger partial charge in [0.05, 0.1) is 16.7 Å². The maximum Gasteiger partial charge on any atom is 0.348 e. The highest BCUT2D eigenvalue weighted by Gasteiger charge is 2.13. The van der Waals surface area contributed by atoms with Gasteiger partial charge in [-0.1, -0.05) is 6.07 Å². The van der Waals surface area contributed by atoms with Crippen LogP contribution in [0.15, 0.2) is 27.5 Å². The van der Waals surface area contributed by atoms with Gasteiger partial charge in [-0.25, -0.2) is 9.18 Å². The van der Waals surface area contributed by atoms with E-state index in [1.54, 1.807) is 13.8 Å². The van der Waals surface area contributed by atoms with E-state index < -0.39 is 17.4 Å². The van der Waals surface area contributed by atoms with Crippen molar-refractivity contribution in [1.82, 2.24) is 9.55 Å². The Hall–Kier alpha value is -2.02. The molecule has 0 saturated heterocycles. The van der Waals surface area contributed by atoms with Crippen LogP contribution in [0.4, 0.5) is 4.39 Å². The largest absolute Gasteiger partial charge is 0.366 e. The summed E-state index contributed by atoms with van der Waals surface area (Å²) in [6.45, 7) is 3.49. The Balaban J connectivity index is 2.46. The number of aryl methyl sites for hydroxylation is 1. The van der Waals surface area contributed by atoms with Crippen LogP contribution in [0, 0.1) is 19.7 Å². The minimum atomic E-state index is -0.700. The number of rotatable bonds is 3. The van der Waals surface area contributed by atoms with E-state index in [1.807, 2.05) is 0 Å². The molecule has 0 saturated carbocycles. The summed E-state index contributed by atoms with van der Waals surface area (Å²) in [5, 5.41) is 0. The maximum atomic E-state index is 14.0. The highest BCUT2D eigenvalue weighted by atomic mass is 79.9. The van der Waals surface area contributed by atoms with E-state index in [-0.39, 0.29) is 17.7 Å². The van der Waals surface area contributed by atoms with Gasteiger partial charge >= 0.3 is 5.69 Å². The van der Waals surface area contributed by atoms with Gasteiger partial charge in [-0.3, -0.25) is 9.36 Å². The van der Waals surface area contributed by atoms with E-state index in [2.05, 4.69) is 20.9 Å². The van der Waals surface area contributed by atoms with E-state index in [0.717, 1.165) is 6.07 Å². The van der Waals surface area contributed by atoms with Gasteiger partial charge < -0.3 is 5.73 Å². The number of aromatic nitrogens is 2. The Morgan fingerprint density at radius 1 is 1.43 bits per heavy atom. The van der Waals surface area contributed by atoms with Crippen molar-refractivity contribution in [3.8, 4) is 0 Å². The number of nitrogens with two attached hydrogens (primary N) is 1. The second-order valence-corrected chi connectivity index (χ2v) is 5.43. The zero-order valence-corrected chi connectivity index (χ0v) is 13.1. The summed E-state index contributed by atoms with van der Waals surface area (Å²) < 4.78 is 16.0. The molecule has 2 N–H and O–H groups in total. The fourth-order valence-corrected chi connectivity index (χ4v) is 2.26. The minimum Gasteiger partial charge on any atom is -0.366 e. The number of hydrogen-bond acceptors (Lipinski definition) is 3. The summed E-state index contributed by atoms with van der Waals surface area (Å²) in [4.78, 5) is 26.8. The molecule has 0 aliphatic carbocycles. The molecule has 2 aromatic rings. The molecule has 1 heterocycles. The monoisotopic (exact) mass is 353 g/mol. The molecule has 1 aromatic carbocycles. The SMILES string of the molecule is Cc1nc(=O)n(Cc2ccc(C(N)=O)cc2F)c(C)c1Br. The van der Waals surface area contributed by atoms with Crippen LogP contribution in [0.25, 0.3) is 0 Å². The van der Waals surface area contributed by atoms with Crippen LogP contribution >= 0.6 is 15.9 Å². The van der Waals surface area contributed by atoms with E-state index in [9.17, 15) is 14.0 Å². The van der Waals surface area contributed by atoms with Crippen molar-refractivity contribution < 1.29 is 9.18 Å². The fourth-order valence-electron chi connectivity index (χ4n) is 1.96. The summed E-state index contributed by atoms with van der Waals surface area (Å²) in [5.74, 6) is -1.29. The van der Waals surface area contributed by atoms with Gasteiger partial charge in [0.2, 0.25) is 5.91 Å². The van der Waals surface area contributed by atoms with Crippen LogP contribution in [-0.4, -0.2) is 15.5 Å². The molecule has 0 aliphatic heterocycles. The van der Waals surface area contributed by atoms with Crippen molar-refractivity contribution in [1.29, 1.82) is 0 Å². The van der Waals surface area contributed by atoms with Gasteiger partial charge in [-0.15, -0.1) is 0 Å². The van der Waals surface area contributed by atoms with Gasteiger partial charge in [0, 0.05) is 16.8 Å². The van der Waals surface area contributed by atoms with Crippen molar-refractivity contribution in [3.63, 3.8) is 0 Å². The molecule has 21 heavy (non-hydrogen) atoms. The molecular formula is C14H13BrFN3O2. The lowest BCUT2D eigenvalue weighted by atomic mass is 10.1. The first-order valence-corrected chi connectivity index (χ1v) is 6.92. The first kappa shape index (κ1) is 15.4. The van der Waals surface area contributed by atoms with Crippen LogP contribution in [0.3, 0.4) is 0 Å². The molecule has 7 heteroatoms. The number of carbonyl (C=O) groups excluding carboxylic acids is 1. The van der Waals surface area contributed by atoms with Crippen LogP contribution < -0.4 is 11.4 Å². The number of halogens is 2. The lowest BCUT2D eigenvalue weighted by Crippen LogP contribution is -2.27. The number of amides is 1. The van der Waals surface area contributed by atoms with Crippen molar-refractivity contribution in [2.24, 2.45) is 5.73 Å². The number of benzene rings is 1. The summed E-state index contributed by atoms with van der Waals surface area (Å²) in [5.41, 5.74) is 6.25. The number of nitrogens with zero attached hydrogens (tertiary/aromatic N) is 2. The first-order chi connectivity index (χ1) is 9.81. The second kappa shape index (κ2) is 5.77. The fraction of sp³-hybridized carbons (Fsp3) is 0.214. The van der Waals surface area contributed by atoms with E-state index in [0.29, 0.717) is 15.9 Å². The zero-order valence-electron chi connectivity index (χ0n) is 11.5. The Kier molecular flexibility index (Phi) is 4.22. The predicted molar refractivity (Wildman–Crippen MR) is 79.7 cm³/mol. The first-order valence-electron chi connectivity index (χ1n) is 6.13. The molecule has 0 unspecified atom stereocenters. The van der Waals surface area contributed by atoms with E-state index in [4.69, 9.17) is 5.73 Å².